The van der Waals surface area contributed by atoms with Crippen molar-refractivity contribution in [2.45, 2.75) is 24.5 Å². The largest absolute Gasteiger partial charge is 0.387 e. The summed E-state index contributed by atoms with van der Waals surface area (Å²) in [6.07, 6.45) is -2.43. The third-order valence-electron chi connectivity index (χ3n) is 5.21. The number of aliphatic hydroxyl groups is 2. The molecule has 1 aliphatic heterocycles. The zero-order chi connectivity index (χ0) is 24.4. The van der Waals surface area contributed by atoms with Crippen molar-refractivity contribution in [1.82, 2.24) is 34.7 Å². The molecule has 5 N–H and O–H groups in total. The van der Waals surface area contributed by atoms with Crippen molar-refractivity contribution in [3.05, 3.63) is 42.2 Å². The number of nitrogens with zero attached hydrogens (tertiary/aromatic N) is 6. The highest BCUT2D eigenvalue weighted by Crippen LogP contribution is 2.32. The van der Waals surface area contributed by atoms with Gasteiger partial charge in [0.25, 0.3) is 11.8 Å². The SMILES string of the molecule is CNC(=O)[C@H]1O[C@@H](n2cnc3c(N)nc(C#CCN(C)C(=O)c4ccccn4)nc32)[C@H](O)[C@@H]1O. The molecule has 1 fully saturated rings. The molecular weight excluding hydrogens is 444 g/mol. The van der Waals surface area contributed by atoms with Crippen LogP contribution in [0.4, 0.5) is 5.82 Å². The Morgan fingerprint density at radius 2 is 2.06 bits per heavy atom. The first-order valence-corrected chi connectivity index (χ1v) is 10.2. The number of nitrogen functional groups attached to an aromatic ring is 1. The molecule has 0 spiro atoms. The van der Waals surface area contributed by atoms with Crippen LogP contribution in [0.25, 0.3) is 11.2 Å². The number of carbonyl (C=O) groups is 2. The predicted molar refractivity (Wildman–Crippen MR) is 118 cm³/mol. The van der Waals surface area contributed by atoms with E-state index < -0.39 is 30.4 Å². The van der Waals surface area contributed by atoms with Crippen LogP contribution >= 0.6 is 0 Å². The van der Waals surface area contributed by atoms with Crippen LogP contribution in [0.5, 0.6) is 0 Å². The minimum absolute atomic E-state index is 0.0434. The van der Waals surface area contributed by atoms with Crippen LogP contribution in [0.1, 0.15) is 22.5 Å². The molecule has 3 aromatic rings. The average molecular weight is 466 g/mol. The maximum atomic E-state index is 12.4. The molecular formula is C21H22N8O5. The summed E-state index contributed by atoms with van der Waals surface area (Å²) in [5, 5.41) is 23.0. The van der Waals surface area contributed by atoms with Gasteiger partial charge >= 0.3 is 0 Å². The summed E-state index contributed by atoms with van der Waals surface area (Å²) in [7, 11) is 2.98. The Labute approximate surface area is 193 Å². The lowest BCUT2D eigenvalue weighted by molar-refractivity contribution is -0.137. The number of pyridine rings is 1. The number of anilines is 1. The van der Waals surface area contributed by atoms with Crippen molar-refractivity contribution < 1.29 is 24.5 Å². The highest BCUT2D eigenvalue weighted by atomic mass is 16.6. The number of aliphatic hydroxyl groups excluding tert-OH is 2. The van der Waals surface area contributed by atoms with Gasteiger partial charge in [0.1, 0.15) is 23.4 Å². The van der Waals surface area contributed by atoms with Gasteiger partial charge in [0.15, 0.2) is 23.8 Å². The van der Waals surface area contributed by atoms with Gasteiger partial charge in [-0.1, -0.05) is 12.0 Å². The Bertz CT molecular complexity index is 1280. The van der Waals surface area contributed by atoms with Crippen LogP contribution in [-0.4, -0.2) is 90.4 Å². The number of hydrogen-bond acceptors (Lipinski definition) is 10. The summed E-state index contributed by atoms with van der Waals surface area (Å²) in [4.78, 5) is 42.3. The van der Waals surface area contributed by atoms with Crippen molar-refractivity contribution in [2.75, 3.05) is 26.4 Å². The number of carbonyl (C=O) groups excluding carboxylic acids is 2. The molecule has 4 rings (SSSR count). The second-order valence-corrected chi connectivity index (χ2v) is 7.48. The number of ether oxygens (including phenoxy) is 1. The second-order valence-electron chi connectivity index (χ2n) is 7.48. The number of nitrogens with two attached hydrogens (primary N) is 1. The first kappa shape index (κ1) is 23.1. The van der Waals surface area contributed by atoms with Gasteiger partial charge < -0.3 is 30.9 Å². The molecule has 0 unspecified atom stereocenters. The molecule has 1 aliphatic rings. The topological polar surface area (TPSA) is 182 Å². The molecule has 176 valence electrons. The lowest BCUT2D eigenvalue weighted by Crippen LogP contribution is -2.41. The van der Waals surface area contributed by atoms with E-state index in [4.69, 9.17) is 10.5 Å². The van der Waals surface area contributed by atoms with Gasteiger partial charge in [-0.3, -0.25) is 19.1 Å². The first-order valence-electron chi connectivity index (χ1n) is 10.2. The van der Waals surface area contributed by atoms with Crippen molar-refractivity contribution in [1.29, 1.82) is 0 Å². The zero-order valence-electron chi connectivity index (χ0n) is 18.3. The number of amides is 2. The Morgan fingerprint density at radius 3 is 2.76 bits per heavy atom. The molecule has 0 aromatic carbocycles. The van der Waals surface area contributed by atoms with E-state index in [2.05, 4.69) is 37.1 Å². The number of rotatable bonds is 4. The van der Waals surface area contributed by atoms with Crippen LogP contribution in [0.3, 0.4) is 0 Å². The van der Waals surface area contributed by atoms with E-state index in [0.29, 0.717) is 5.69 Å². The van der Waals surface area contributed by atoms with E-state index >= 15 is 0 Å². The number of aromatic nitrogens is 5. The van der Waals surface area contributed by atoms with Crippen LogP contribution in [0.15, 0.2) is 30.7 Å². The summed E-state index contributed by atoms with van der Waals surface area (Å²) < 4.78 is 6.93. The van der Waals surface area contributed by atoms with Gasteiger partial charge in [-0.05, 0) is 18.1 Å². The maximum absolute atomic E-state index is 12.4. The number of imidazole rings is 1. The summed E-state index contributed by atoms with van der Waals surface area (Å²) >= 11 is 0. The summed E-state index contributed by atoms with van der Waals surface area (Å²) in [6, 6.07) is 5.04. The molecule has 4 atom stereocenters. The Kier molecular flexibility index (Phi) is 6.37. The molecule has 4 heterocycles. The highest BCUT2D eigenvalue weighted by molar-refractivity contribution is 5.92. The second kappa shape index (κ2) is 9.40. The maximum Gasteiger partial charge on any atom is 0.272 e. The quantitative estimate of drug-likeness (QED) is 0.323. The van der Waals surface area contributed by atoms with Gasteiger partial charge in [0.05, 0.1) is 12.9 Å². The third kappa shape index (κ3) is 4.25. The van der Waals surface area contributed by atoms with Gasteiger partial charge in [-0.25, -0.2) is 15.0 Å². The minimum atomic E-state index is -1.45. The monoisotopic (exact) mass is 466 g/mol. The first-order chi connectivity index (χ1) is 16.3. The molecule has 0 aliphatic carbocycles. The average Bonchev–Trinajstić information content (AvgIpc) is 3.39. The van der Waals surface area contributed by atoms with Crippen LogP contribution < -0.4 is 11.1 Å². The normalized spacial score (nSPS) is 21.6. The van der Waals surface area contributed by atoms with Crippen molar-refractivity contribution in [3.8, 4) is 11.8 Å². The van der Waals surface area contributed by atoms with E-state index in [1.165, 1.54) is 29.0 Å². The minimum Gasteiger partial charge on any atom is -0.387 e. The number of nitrogens with one attached hydrogen (secondary N) is 1. The van der Waals surface area contributed by atoms with Gasteiger partial charge in [-0.15, -0.1) is 0 Å². The predicted octanol–water partition coefficient (Wildman–Crippen LogP) is -1.71. The standard InChI is InChI=1S/C21H22N8O5/c1-23-19(32)16-14(30)15(31)21(34-16)29-10-25-13-17(22)26-12(27-18(13)29)7-5-9-28(2)20(33)11-6-3-4-8-24-11/h3-4,6,8,10,14-16,21,30-31H,9H2,1-2H3,(H,23,32)(H2,22,26,27)/t14-,15+,16-,21+/m0/s1. The van der Waals surface area contributed by atoms with E-state index in [0.717, 1.165) is 0 Å². The van der Waals surface area contributed by atoms with Crippen molar-refractivity contribution in [2.24, 2.45) is 0 Å². The van der Waals surface area contributed by atoms with Gasteiger partial charge in [0.2, 0.25) is 5.82 Å². The summed E-state index contributed by atoms with van der Waals surface area (Å²) in [5.41, 5.74) is 6.73. The fraction of sp³-hybridized carbons (Fsp3) is 0.333. The molecule has 0 bridgehead atoms. The number of fused-ring (bicyclic) bond motifs is 1. The van der Waals surface area contributed by atoms with E-state index in [1.807, 2.05) is 0 Å². The Morgan fingerprint density at radius 1 is 1.26 bits per heavy atom. The van der Waals surface area contributed by atoms with Gasteiger partial charge in [-0.2, -0.15) is 0 Å². The number of likely N-dealkylation sites (N-methyl/N-ethyl adjacent to an activating group) is 1. The van der Waals surface area contributed by atoms with Gasteiger partial charge in [0, 0.05) is 20.3 Å². The summed E-state index contributed by atoms with van der Waals surface area (Å²) in [6.45, 7) is 0.0838. The molecule has 0 saturated carbocycles. The highest BCUT2D eigenvalue weighted by Gasteiger charge is 2.47. The smallest absolute Gasteiger partial charge is 0.272 e. The Hall–Kier alpha value is -4.12. The third-order valence-corrected chi connectivity index (χ3v) is 5.21. The zero-order valence-corrected chi connectivity index (χ0v) is 18.3. The van der Waals surface area contributed by atoms with Crippen LogP contribution in [-0.2, 0) is 9.53 Å². The fourth-order valence-corrected chi connectivity index (χ4v) is 3.42. The van der Waals surface area contributed by atoms with E-state index in [9.17, 15) is 19.8 Å². The van der Waals surface area contributed by atoms with E-state index in [-0.39, 0.29) is 35.3 Å². The van der Waals surface area contributed by atoms with Crippen molar-refractivity contribution >= 4 is 28.8 Å². The van der Waals surface area contributed by atoms with Crippen LogP contribution in [0.2, 0.25) is 0 Å². The summed E-state index contributed by atoms with van der Waals surface area (Å²) in [5.74, 6) is 4.80. The molecule has 1 saturated heterocycles. The fourth-order valence-electron chi connectivity index (χ4n) is 3.42. The van der Waals surface area contributed by atoms with Crippen LogP contribution in [0, 0.1) is 11.8 Å². The van der Waals surface area contributed by atoms with E-state index in [1.54, 1.807) is 25.2 Å². The number of hydrogen-bond donors (Lipinski definition) is 4. The molecule has 13 nitrogen and oxygen atoms in total. The molecule has 13 heteroatoms. The Balaban J connectivity index is 1.57. The van der Waals surface area contributed by atoms with Crippen molar-refractivity contribution in [3.63, 3.8) is 0 Å². The lowest BCUT2D eigenvalue weighted by Gasteiger charge is -2.16. The molecule has 2 amide bonds. The molecule has 3 aromatic heterocycles. The molecule has 0 radical (unpaired) electrons. The lowest BCUT2D eigenvalue weighted by atomic mass is 10.1. The molecule has 34 heavy (non-hydrogen) atoms.